The molecule has 1 heterocycles. The highest BCUT2D eigenvalue weighted by Gasteiger charge is 1.96. The molecule has 128 valence electrons. The van der Waals surface area contributed by atoms with Gasteiger partial charge in [0, 0.05) is 31.5 Å². The Morgan fingerprint density at radius 2 is 2.13 bits per heavy atom. The van der Waals surface area contributed by atoms with Gasteiger partial charge in [0.05, 0.1) is 25.0 Å². The van der Waals surface area contributed by atoms with Crippen molar-refractivity contribution in [3.8, 4) is 0 Å². The van der Waals surface area contributed by atoms with Crippen LogP contribution in [-0.2, 0) is 11.3 Å². The molecule has 0 spiro atoms. The van der Waals surface area contributed by atoms with Crippen LogP contribution >= 0.6 is 0 Å². The normalized spacial score (nSPS) is 13.7. The summed E-state index contributed by atoms with van der Waals surface area (Å²) in [4.78, 5) is 0. The lowest BCUT2D eigenvalue weighted by atomic mass is 10.2. The lowest BCUT2D eigenvalue weighted by Gasteiger charge is -2.02. The van der Waals surface area contributed by atoms with Crippen molar-refractivity contribution in [1.29, 1.82) is 0 Å². The van der Waals surface area contributed by atoms with Gasteiger partial charge in [-0.05, 0) is 18.1 Å². The molecule has 0 aliphatic heterocycles. The number of nitrogen functional groups attached to an aromatic ring is 1. The van der Waals surface area contributed by atoms with E-state index in [0.29, 0.717) is 18.8 Å². The third-order valence-electron chi connectivity index (χ3n) is 3.12. The number of nitrogens with two attached hydrogens (primary N) is 3. The molecule has 0 saturated carbocycles. The average molecular weight is 319 g/mol. The zero-order chi connectivity index (χ0) is 16.9. The van der Waals surface area contributed by atoms with Crippen molar-refractivity contribution in [2.45, 2.75) is 32.7 Å². The molecular weight excluding hydrogens is 290 g/mol. The molecule has 1 aromatic rings. The quantitative estimate of drug-likeness (QED) is 0.666. The van der Waals surface area contributed by atoms with E-state index >= 15 is 0 Å². The summed E-state index contributed by atoms with van der Waals surface area (Å²) in [5, 5.41) is 3.92. The van der Waals surface area contributed by atoms with Crippen molar-refractivity contribution in [1.82, 2.24) is 9.78 Å². The maximum Gasteiger partial charge on any atom is 0.0719 e. The van der Waals surface area contributed by atoms with Crippen LogP contribution in [0.2, 0.25) is 0 Å². The van der Waals surface area contributed by atoms with Crippen molar-refractivity contribution in [2.75, 3.05) is 25.5 Å². The molecule has 0 bridgehead atoms. The first-order valence-electron chi connectivity index (χ1n) is 8.03. The second-order valence-corrected chi connectivity index (χ2v) is 5.32. The van der Waals surface area contributed by atoms with Crippen LogP contribution in [0.4, 0.5) is 5.69 Å². The molecule has 0 atom stereocenters. The predicted molar refractivity (Wildman–Crippen MR) is 95.5 cm³/mol. The fraction of sp³-hybridized carbons (Fsp3) is 0.471. The minimum absolute atomic E-state index is 0.598. The van der Waals surface area contributed by atoms with Gasteiger partial charge >= 0.3 is 0 Å². The zero-order valence-corrected chi connectivity index (χ0v) is 13.9. The summed E-state index contributed by atoms with van der Waals surface area (Å²) < 4.78 is 7.23. The van der Waals surface area contributed by atoms with E-state index in [2.05, 4.69) is 24.2 Å². The van der Waals surface area contributed by atoms with Crippen LogP contribution in [0, 0.1) is 0 Å². The molecule has 6 heteroatoms. The average Bonchev–Trinajstić information content (AvgIpc) is 2.83. The number of hydrogen-bond acceptors (Lipinski definition) is 5. The van der Waals surface area contributed by atoms with E-state index in [1.807, 2.05) is 12.2 Å². The molecule has 6 nitrogen and oxygen atoms in total. The van der Waals surface area contributed by atoms with E-state index in [1.54, 1.807) is 17.1 Å². The Bertz CT molecular complexity index is 531. The van der Waals surface area contributed by atoms with Crippen molar-refractivity contribution in [3.05, 3.63) is 48.0 Å². The summed E-state index contributed by atoms with van der Waals surface area (Å²) in [6.07, 6.45) is 14.7. The van der Waals surface area contributed by atoms with E-state index in [4.69, 9.17) is 21.9 Å². The van der Waals surface area contributed by atoms with Crippen LogP contribution in [0.15, 0.2) is 48.0 Å². The minimum atomic E-state index is 0.598. The van der Waals surface area contributed by atoms with Crippen molar-refractivity contribution < 1.29 is 4.74 Å². The third-order valence-corrected chi connectivity index (χ3v) is 3.12. The van der Waals surface area contributed by atoms with Crippen molar-refractivity contribution in [2.24, 2.45) is 11.5 Å². The van der Waals surface area contributed by atoms with E-state index in [1.165, 1.54) is 12.0 Å². The van der Waals surface area contributed by atoms with Gasteiger partial charge in [0.2, 0.25) is 0 Å². The summed E-state index contributed by atoms with van der Waals surface area (Å²) >= 11 is 0. The first-order valence-corrected chi connectivity index (χ1v) is 8.03. The summed E-state index contributed by atoms with van der Waals surface area (Å²) in [7, 11) is 0. The van der Waals surface area contributed by atoms with Crippen LogP contribution in [-0.4, -0.2) is 29.5 Å². The van der Waals surface area contributed by atoms with Gasteiger partial charge in [0.1, 0.15) is 0 Å². The van der Waals surface area contributed by atoms with Gasteiger partial charge in [0.15, 0.2) is 0 Å². The van der Waals surface area contributed by atoms with Gasteiger partial charge in [-0.25, -0.2) is 0 Å². The summed E-state index contributed by atoms with van der Waals surface area (Å²) in [5.74, 6) is 0. The van der Waals surface area contributed by atoms with Crippen LogP contribution in [0.25, 0.3) is 0 Å². The highest BCUT2D eigenvalue weighted by Crippen LogP contribution is 2.08. The Morgan fingerprint density at radius 1 is 1.30 bits per heavy atom. The zero-order valence-electron chi connectivity index (χ0n) is 13.9. The Kier molecular flexibility index (Phi) is 9.51. The van der Waals surface area contributed by atoms with Crippen LogP contribution in [0.5, 0.6) is 0 Å². The largest absolute Gasteiger partial charge is 0.402 e. The van der Waals surface area contributed by atoms with Gasteiger partial charge in [-0.15, -0.1) is 0 Å². The predicted octanol–water partition coefficient (Wildman–Crippen LogP) is 1.96. The molecule has 2 rings (SSSR count). The molecule has 0 fully saturated rings. The number of allylic oxidation sites excluding steroid dienone is 3. The topological polar surface area (TPSA) is 105 Å². The third kappa shape index (κ3) is 8.85. The monoisotopic (exact) mass is 319 g/mol. The van der Waals surface area contributed by atoms with Crippen molar-refractivity contribution in [3.63, 3.8) is 0 Å². The van der Waals surface area contributed by atoms with Crippen LogP contribution in [0.3, 0.4) is 0 Å². The Hall–Kier alpha value is -2.05. The standard InChI is InChI=1S/C12H19NO.C5H10N4/c1-2-3-9-14-10-11-5-4-6-12(13)8-7-11;6-1-2-9-4-5(7)3-8-9/h4-5,7-8H,2-3,6,9-10,13H2,1H3;3-4H,1-2,6-7H2. The lowest BCUT2D eigenvalue weighted by Crippen LogP contribution is -2.09. The van der Waals surface area contributed by atoms with Crippen LogP contribution < -0.4 is 17.2 Å². The van der Waals surface area contributed by atoms with E-state index in [-0.39, 0.29) is 0 Å². The van der Waals surface area contributed by atoms with Crippen LogP contribution in [0.1, 0.15) is 26.2 Å². The van der Waals surface area contributed by atoms with E-state index in [9.17, 15) is 0 Å². The summed E-state index contributed by atoms with van der Waals surface area (Å²) in [5.41, 5.74) is 19.1. The Morgan fingerprint density at radius 3 is 2.78 bits per heavy atom. The number of nitrogens with zero attached hydrogens (tertiary/aromatic N) is 2. The van der Waals surface area contributed by atoms with Crippen molar-refractivity contribution >= 4 is 5.69 Å². The molecule has 0 unspecified atom stereocenters. The van der Waals surface area contributed by atoms with Gasteiger partial charge in [-0.3, -0.25) is 4.68 Å². The smallest absolute Gasteiger partial charge is 0.0719 e. The number of rotatable bonds is 7. The Balaban J connectivity index is 0.000000253. The van der Waals surface area contributed by atoms with Gasteiger partial charge in [-0.1, -0.05) is 31.6 Å². The number of hydrogen-bond donors (Lipinski definition) is 3. The van der Waals surface area contributed by atoms with Gasteiger partial charge < -0.3 is 21.9 Å². The molecular formula is C17H29N5O. The maximum absolute atomic E-state index is 5.70. The first-order chi connectivity index (χ1) is 11.2. The second kappa shape index (κ2) is 11.5. The first kappa shape index (κ1) is 19.0. The fourth-order valence-electron chi connectivity index (χ4n) is 1.85. The minimum Gasteiger partial charge on any atom is -0.402 e. The molecule has 1 aliphatic carbocycles. The molecule has 6 N–H and O–H groups in total. The summed E-state index contributed by atoms with van der Waals surface area (Å²) in [6.45, 7) is 5.04. The van der Waals surface area contributed by atoms with Gasteiger partial charge in [-0.2, -0.15) is 5.10 Å². The SMILES string of the molecule is CCCCOCC1=CC=C(N)CC=C1.NCCn1cc(N)cn1. The molecule has 23 heavy (non-hydrogen) atoms. The highest BCUT2D eigenvalue weighted by atomic mass is 16.5. The number of anilines is 1. The number of unbranched alkanes of at least 4 members (excludes halogenated alkanes) is 1. The Labute approximate surface area is 138 Å². The molecule has 1 aromatic heterocycles. The molecule has 0 saturated heterocycles. The molecule has 0 radical (unpaired) electrons. The highest BCUT2D eigenvalue weighted by molar-refractivity contribution is 5.30. The number of aromatic nitrogens is 2. The van der Waals surface area contributed by atoms with E-state index < -0.39 is 0 Å². The maximum atomic E-state index is 5.70. The molecule has 0 aromatic carbocycles. The summed E-state index contributed by atoms with van der Waals surface area (Å²) in [6, 6.07) is 0. The fourth-order valence-corrected chi connectivity index (χ4v) is 1.85. The van der Waals surface area contributed by atoms with E-state index in [0.717, 1.165) is 31.7 Å². The molecule has 0 amide bonds. The molecule has 1 aliphatic rings. The number of ether oxygens (including phenoxy) is 1. The van der Waals surface area contributed by atoms with Gasteiger partial charge in [0.25, 0.3) is 0 Å². The lowest BCUT2D eigenvalue weighted by molar-refractivity contribution is 0.154. The second-order valence-electron chi connectivity index (χ2n) is 5.32.